The number of amides is 3. The Bertz CT molecular complexity index is 1770. The van der Waals surface area contributed by atoms with Gasteiger partial charge in [0.25, 0.3) is 0 Å². The predicted molar refractivity (Wildman–Crippen MR) is 162 cm³/mol. The molecule has 0 aliphatic carbocycles. The number of carbonyl (C=O) groups is 2. The number of nitrogens with one attached hydrogen (secondary N) is 2. The fourth-order valence-corrected chi connectivity index (χ4v) is 5.83. The minimum Gasteiger partial charge on any atom is -0.474 e. The van der Waals surface area contributed by atoms with Crippen LogP contribution >= 0.6 is 0 Å². The van der Waals surface area contributed by atoms with E-state index in [0.717, 1.165) is 0 Å². The first-order valence-corrected chi connectivity index (χ1v) is 14.7. The number of aromatic nitrogens is 4. The number of cyclic esters (lactones) is 1. The number of anilines is 2. The van der Waals surface area contributed by atoms with Crippen molar-refractivity contribution in [2.24, 2.45) is 0 Å². The maximum absolute atomic E-state index is 14.0. The van der Waals surface area contributed by atoms with Crippen LogP contribution in [0.15, 0.2) is 60.9 Å². The highest BCUT2D eigenvalue weighted by atomic mass is 19.1. The molecule has 14 nitrogen and oxygen atoms in total. The van der Waals surface area contributed by atoms with Crippen LogP contribution < -0.4 is 20.3 Å². The standard InChI is InChI=1S/C31H31FN8O6/c1-18-26(20-12-24-29(34-14-20)44-16-22-17-45-31(42)39(22)24)37-40(21-6-4-3-5-7-21)28(18)36-30(41)35-23-15-38(10-11-43-2)46-27(23)19-8-9-33-25(32)13-19/h3-9,12-14,22-23,27H,10-11,15-17H2,1-2H3,(H2,35,36,41)/t22?,23-,27+/m1/s1. The summed E-state index contributed by atoms with van der Waals surface area (Å²) in [4.78, 5) is 41.9. The van der Waals surface area contributed by atoms with E-state index in [1.54, 1.807) is 40.1 Å². The van der Waals surface area contributed by atoms with Gasteiger partial charge < -0.3 is 19.5 Å². The molecule has 3 atom stereocenters. The summed E-state index contributed by atoms with van der Waals surface area (Å²) >= 11 is 0. The Balaban J connectivity index is 1.19. The van der Waals surface area contributed by atoms with Gasteiger partial charge in [0.05, 0.1) is 24.0 Å². The molecule has 6 heterocycles. The fourth-order valence-electron chi connectivity index (χ4n) is 5.83. The molecule has 1 unspecified atom stereocenters. The van der Waals surface area contributed by atoms with Crippen molar-refractivity contribution in [3.8, 4) is 22.8 Å². The number of hydrogen-bond donors (Lipinski definition) is 2. The predicted octanol–water partition coefficient (Wildman–Crippen LogP) is 3.62. The van der Waals surface area contributed by atoms with Crippen molar-refractivity contribution in [2.45, 2.75) is 25.1 Å². The van der Waals surface area contributed by atoms with E-state index in [1.807, 2.05) is 37.3 Å². The number of carbonyl (C=O) groups excluding carboxylic acids is 2. The number of nitrogens with zero attached hydrogens (tertiary/aromatic N) is 6. The first kappa shape index (κ1) is 29.6. The SMILES string of the molecule is COCCN1C[C@@H](NC(=O)Nc2c(C)c(-c3cnc4c(c3)N3C(=O)OCC3CO4)nn2-c2ccccc2)[C@H](c2ccnc(F)c2)O1. The van der Waals surface area contributed by atoms with Crippen LogP contribution in [-0.4, -0.2) is 89.0 Å². The molecular weight excluding hydrogens is 599 g/mol. The molecule has 3 aliphatic rings. The average Bonchev–Trinajstić information content (AvgIpc) is 3.75. The lowest BCUT2D eigenvalue weighted by atomic mass is 10.0. The third-order valence-electron chi connectivity index (χ3n) is 8.06. The van der Waals surface area contributed by atoms with Gasteiger partial charge in [0.15, 0.2) is 0 Å². The van der Waals surface area contributed by atoms with Gasteiger partial charge in [-0.15, -0.1) is 0 Å². The number of benzene rings is 1. The first-order chi connectivity index (χ1) is 22.4. The molecule has 2 N–H and O–H groups in total. The van der Waals surface area contributed by atoms with Crippen molar-refractivity contribution < 1.29 is 33.0 Å². The number of para-hydroxylation sites is 1. The van der Waals surface area contributed by atoms with Crippen LogP contribution in [0.3, 0.4) is 0 Å². The summed E-state index contributed by atoms with van der Waals surface area (Å²) in [6, 6.07) is 12.8. The zero-order valence-corrected chi connectivity index (χ0v) is 25.1. The van der Waals surface area contributed by atoms with E-state index in [2.05, 4.69) is 20.6 Å². The van der Waals surface area contributed by atoms with Gasteiger partial charge in [-0.3, -0.25) is 15.1 Å². The number of rotatable bonds is 8. The third-order valence-corrected chi connectivity index (χ3v) is 8.06. The van der Waals surface area contributed by atoms with Crippen molar-refractivity contribution >= 4 is 23.6 Å². The smallest absolute Gasteiger partial charge is 0.415 e. The average molecular weight is 631 g/mol. The van der Waals surface area contributed by atoms with Crippen LogP contribution in [-0.2, 0) is 14.3 Å². The second-order valence-corrected chi connectivity index (χ2v) is 11.1. The van der Waals surface area contributed by atoms with E-state index < -0.39 is 30.2 Å². The molecular formula is C31H31FN8O6. The largest absolute Gasteiger partial charge is 0.474 e. The van der Waals surface area contributed by atoms with E-state index in [1.165, 1.54) is 12.3 Å². The highest BCUT2D eigenvalue weighted by molar-refractivity contribution is 5.94. The van der Waals surface area contributed by atoms with Gasteiger partial charge >= 0.3 is 12.1 Å². The molecule has 238 valence electrons. The Morgan fingerprint density at radius 2 is 1.96 bits per heavy atom. The minimum absolute atomic E-state index is 0.237. The van der Waals surface area contributed by atoms with Crippen molar-refractivity contribution in [3.63, 3.8) is 0 Å². The summed E-state index contributed by atoms with van der Waals surface area (Å²) in [6.45, 7) is 3.59. The number of pyridine rings is 2. The second-order valence-electron chi connectivity index (χ2n) is 11.1. The normalized spacial score (nSPS) is 20.5. The van der Waals surface area contributed by atoms with Crippen molar-refractivity contribution in [1.29, 1.82) is 0 Å². The topological polar surface area (TPSA) is 145 Å². The number of hydrogen-bond acceptors (Lipinski definition) is 10. The molecule has 2 fully saturated rings. The maximum Gasteiger partial charge on any atom is 0.415 e. The van der Waals surface area contributed by atoms with Gasteiger partial charge in [-0.25, -0.2) is 24.2 Å². The van der Waals surface area contributed by atoms with E-state index in [4.69, 9.17) is 24.1 Å². The molecule has 3 amide bonds. The Morgan fingerprint density at radius 3 is 2.76 bits per heavy atom. The molecule has 15 heteroatoms. The molecule has 0 bridgehead atoms. The molecule has 3 aliphatic heterocycles. The van der Waals surface area contributed by atoms with Gasteiger partial charge in [0, 0.05) is 43.7 Å². The van der Waals surface area contributed by atoms with Crippen LogP contribution in [0.2, 0.25) is 0 Å². The first-order valence-electron chi connectivity index (χ1n) is 14.7. The van der Waals surface area contributed by atoms with Gasteiger partial charge in [-0.2, -0.15) is 14.6 Å². The summed E-state index contributed by atoms with van der Waals surface area (Å²) in [6.07, 6.45) is 1.88. The van der Waals surface area contributed by atoms with Crippen LogP contribution in [0.4, 0.5) is 25.5 Å². The van der Waals surface area contributed by atoms with Crippen molar-refractivity contribution in [3.05, 3.63) is 78.0 Å². The van der Waals surface area contributed by atoms with E-state index in [9.17, 15) is 14.0 Å². The minimum atomic E-state index is -0.652. The number of fused-ring (bicyclic) bond motifs is 3. The zero-order valence-electron chi connectivity index (χ0n) is 25.1. The van der Waals surface area contributed by atoms with E-state index >= 15 is 0 Å². The lowest BCUT2D eigenvalue weighted by Crippen LogP contribution is -2.42. The molecule has 3 aromatic heterocycles. The summed E-state index contributed by atoms with van der Waals surface area (Å²) in [5, 5.41) is 12.5. The number of halogens is 1. The fraction of sp³-hybridized carbons (Fsp3) is 0.323. The van der Waals surface area contributed by atoms with E-state index in [0.29, 0.717) is 71.8 Å². The third kappa shape index (κ3) is 5.59. The summed E-state index contributed by atoms with van der Waals surface area (Å²) in [5.74, 6) is 0.112. The second kappa shape index (κ2) is 12.3. The van der Waals surface area contributed by atoms with E-state index in [-0.39, 0.29) is 12.6 Å². The van der Waals surface area contributed by atoms with Gasteiger partial charge in [-0.1, -0.05) is 18.2 Å². The monoisotopic (exact) mass is 630 g/mol. The quantitative estimate of drug-likeness (QED) is 0.277. The maximum atomic E-state index is 14.0. The van der Waals surface area contributed by atoms with Gasteiger partial charge in [-0.05, 0) is 42.8 Å². The molecule has 0 saturated carbocycles. The summed E-state index contributed by atoms with van der Waals surface area (Å²) in [7, 11) is 1.59. The van der Waals surface area contributed by atoms with Crippen LogP contribution in [0, 0.1) is 12.9 Å². The van der Waals surface area contributed by atoms with Gasteiger partial charge in [0.1, 0.15) is 36.9 Å². The molecule has 7 rings (SSSR count). The number of methoxy groups -OCH3 is 1. The van der Waals surface area contributed by atoms with Crippen LogP contribution in [0.5, 0.6) is 5.88 Å². The molecule has 0 radical (unpaired) electrons. The van der Waals surface area contributed by atoms with Crippen molar-refractivity contribution in [1.82, 2.24) is 30.1 Å². The number of hydroxylamine groups is 2. The Labute approximate surface area is 263 Å². The Kier molecular flexibility index (Phi) is 7.94. The molecule has 46 heavy (non-hydrogen) atoms. The van der Waals surface area contributed by atoms with Crippen molar-refractivity contribution in [2.75, 3.05) is 50.2 Å². The highest BCUT2D eigenvalue weighted by Crippen LogP contribution is 2.39. The van der Waals surface area contributed by atoms with Crippen LogP contribution in [0.25, 0.3) is 16.9 Å². The lowest BCUT2D eigenvalue weighted by molar-refractivity contribution is -0.154. The Morgan fingerprint density at radius 1 is 1.13 bits per heavy atom. The van der Waals surface area contributed by atoms with Gasteiger partial charge in [0.2, 0.25) is 11.8 Å². The zero-order chi connectivity index (χ0) is 31.8. The number of ether oxygens (including phenoxy) is 3. The highest BCUT2D eigenvalue weighted by Gasteiger charge is 2.41. The lowest BCUT2D eigenvalue weighted by Gasteiger charge is -2.28. The summed E-state index contributed by atoms with van der Waals surface area (Å²) in [5.41, 5.74) is 3.58. The summed E-state index contributed by atoms with van der Waals surface area (Å²) < 4.78 is 31.9. The van der Waals surface area contributed by atoms with Crippen LogP contribution in [0.1, 0.15) is 17.2 Å². The Hall–Kier alpha value is -5.12. The number of urea groups is 1. The molecule has 0 spiro atoms. The molecule has 2 saturated heterocycles. The molecule has 4 aromatic rings. The molecule has 1 aromatic carbocycles.